The predicted molar refractivity (Wildman–Crippen MR) is 113 cm³/mol. The van der Waals surface area contributed by atoms with Crippen molar-refractivity contribution in [3.63, 3.8) is 0 Å². The molecule has 0 bridgehead atoms. The van der Waals surface area contributed by atoms with Gasteiger partial charge in [0.05, 0.1) is 18.2 Å². The average Bonchev–Trinajstić information content (AvgIpc) is 3.19. The van der Waals surface area contributed by atoms with Gasteiger partial charge in [-0.2, -0.15) is 18.2 Å². The number of hydrogen-bond donors (Lipinski definition) is 1. The normalized spacial score (nSPS) is 12.8. The smallest absolute Gasteiger partial charge is 0.337 e. The summed E-state index contributed by atoms with van der Waals surface area (Å²) in [5.74, 6) is 0.0243. The van der Waals surface area contributed by atoms with Crippen LogP contribution in [0.3, 0.4) is 0 Å². The standard InChI is InChI=1S/C21H20BrF3N4O2/c1-12-9-16(22)7-8-17(12)26-18(30)11-29(3)13(2)20-27-19(28-31-20)14-5-4-6-15(10-14)21(23,24)25/h4-10,13H,11H2,1-3H3,(H,26,30). The van der Waals surface area contributed by atoms with E-state index in [1.807, 2.05) is 19.1 Å². The Morgan fingerprint density at radius 1 is 1.26 bits per heavy atom. The van der Waals surface area contributed by atoms with Crippen LogP contribution in [0.1, 0.15) is 30.0 Å². The van der Waals surface area contributed by atoms with Gasteiger partial charge in [-0.25, -0.2) is 0 Å². The number of carbonyl (C=O) groups is 1. The minimum Gasteiger partial charge on any atom is -0.337 e. The van der Waals surface area contributed by atoms with Crippen LogP contribution >= 0.6 is 15.9 Å². The number of alkyl halides is 3. The van der Waals surface area contributed by atoms with Crippen molar-refractivity contribution in [2.45, 2.75) is 26.1 Å². The van der Waals surface area contributed by atoms with Gasteiger partial charge in [0, 0.05) is 15.7 Å². The number of aromatic nitrogens is 2. The lowest BCUT2D eigenvalue weighted by molar-refractivity contribution is -0.137. The molecule has 0 aliphatic rings. The van der Waals surface area contributed by atoms with Crippen LogP contribution < -0.4 is 5.32 Å². The summed E-state index contributed by atoms with van der Waals surface area (Å²) in [5, 5.41) is 6.65. The number of aryl methyl sites for hydroxylation is 1. The summed E-state index contributed by atoms with van der Waals surface area (Å²) < 4.78 is 45.0. The van der Waals surface area contributed by atoms with Gasteiger partial charge in [-0.3, -0.25) is 9.69 Å². The van der Waals surface area contributed by atoms with Crippen molar-refractivity contribution < 1.29 is 22.5 Å². The maximum Gasteiger partial charge on any atom is 0.416 e. The first-order valence-corrected chi connectivity index (χ1v) is 10.1. The Kier molecular flexibility index (Phi) is 6.80. The van der Waals surface area contributed by atoms with E-state index in [1.165, 1.54) is 12.1 Å². The number of amides is 1. The van der Waals surface area contributed by atoms with Crippen molar-refractivity contribution in [2.24, 2.45) is 0 Å². The fourth-order valence-electron chi connectivity index (χ4n) is 2.87. The summed E-state index contributed by atoms with van der Waals surface area (Å²) in [6.07, 6.45) is -4.46. The number of nitrogens with one attached hydrogen (secondary N) is 1. The van der Waals surface area contributed by atoms with E-state index in [0.717, 1.165) is 22.2 Å². The Hall–Kier alpha value is -2.72. The minimum atomic E-state index is -4.46. The van der Waals surface area contributed by atoms with Crippen LogP contribution in [0.4, 0.5) is 18.9 Å². The van der Waals surface area contributed by atoms with Crippen molar-refractivity contribution in [3.8, 4) is 11.4 Å². The summed E-state index contributed by atoms with van der Waals surface area (Å²) in [5.41, 5.74) is 1.03. The Labute approximate surface area is 185 Å². The molecule has 0 aliphatic carbocycles. The van der Waals surface area contributed by atoms with E-state index in [1.54, 1.807) is 24.9 Å². The number of nitrogens with zero attached hydrogens (tertiary/aromatic N) is 3. The third-order valence-corrected chi connectivity index (χ3v) is 5.26. The van der Waals surface area contributed by atoms with E-state index in [4.69, 9.17) is 4.52 Å². The van der Waals surface area contributed by atoms with Crippen molar-refractivity contribution in [1.82, 2.24) is 15.0 Å². The molecule has 1 amide bonds. The SMILES string of the molecule is Cc1cc(Br)ccc1NC(=O)CN(C)C(C)c1nc(-c2cccc(C(F)(F)F)c2)no1. The molecule has 1 heterocycles. The molecule has 2 aromatic carbocycles. The number of halogens is 4. The number of benzene rings is 2. The second-order valence-corrected chi connectivity index (χ2v) is 8.05. The van der Waals surface area contributed by atoms with Crippen molar-refractivity contribution in [2.75, 3.05) is 18.9 Å². The summed E-state index contributed by atoms with van der Waals surface area (Å²) in [4.78, 5) is 18.3. The van der Waals surface area contributed by atoms with E-state index in [9.17, 15) is 18.0 Å². The Bertz CT molecular complexity index is 1080. The van der Waals surface area contributed by atoms with Gasteiger partial charge in [-0.1, -0.05) is 33.2 Å². The topological polar surface area (TPSA) is 71.3 Å². The van der Waals surface area contributed by atoms with E-state index in [2.05, 4.69) is 31.4 Å². The molecule has 1 N–H and O–H groups in total. The Balaban J connectivity index is 1.67. The first-order chi connectivity index (χ1) is 14.5. The largest absolute Gasteiger partial charge is 0.416 e. The van der Waals surface area contributed by atoms with Crippen molar-refractivity contribution in [3.05, 3.63) is 64.0 Å². The van der Waals surface area contributed by atoms with Crippen LogP contribution in [0.15, 0.2) is 51.5 Å². The average molecular weight is 497 g/mol. The van der Waals surface area contributed by atoms with Gasteiger partial charge >= 0.3 is 6.18 Å². The first kappa shape index (κ1) is 23.0. The number of anilines is 1. The summed E-state index contributed by atoms with van der Waals surface area (Å²) in [7, 11) is 1.72. The molecule has 0 spiro atoms. The van der Waals surface area contributed by atoms with Crippen LogP contribution in [0.2, 0.25) is 0 Å². The highest BCUT2D eigenvalue weighted by atomic mass is 79.9. The fourth-order valence-corrected chi connectivity index (χ4v) is 3.34. The van der Waals surface area contributed by atoms with E-state index in [0.29, 0.717) is 5.69 Å². The van der Waals surface area contributed by atoms with Crippen LogP contribution in [0, 0.1) is 6.92 Å². The van der Waals surface area contributed by atoms with Gasteiger partial charge < -0.3 is 9.84 Å². The second-order valence-electron chi connectivity index (χ2n) is 7.13. The highest BCUT2D eigenvalue weighted by Crippen LogP contribution is 2.32. The van der Waals surface area contributed by atoms with Crippen LogP contribution in [0.5, 0.6) is 0 Å². The quantitative estimate of drug-likeness (QED) is 0.490. The molecule has 10 heteroatoms. The molecule has 0 radical (unpaired) electrons. The number of hydrogen-bond acceptors (Lipinski definition) is 5. The molecule has 6 nitrogen and oxygen atoms in total. The molecule has 0 saturated heterocycles. The fraction of sp³-hybridized carbons (Fsp3) is 0.286. The second kappa shape index (κ2) is 9.19. The molecule has 3 aromatic rings. The zero-order valence-electron chi connectivity index (χ0n) is 17.0. The van der Waals surface area contributed by atoms with E-state index >= 15 is 0 Å². The van der Waals surface area contributed by atoms with Crippen LogP contribution in [0.25, 0.3) is 11.4 Å². The molecular formula is C21H20BrF3N4O2. The number of likely N-dealkylation sites (N-methyl/N-ethyl adjacent to an activating group) is 1. The van der Waals surface area contributed by atoms with Gasteiger partial charge in [0.15, 0.2) is 0 Å². The molecule has 0 fully saturated rings. The van der Waals surface area contributed by atoms with Crippen LogP contribution in [-0.4, -0.2) is 34.5 Å². The third-order valence-electron chi connectivity index (χ3n) is 4.76. The molecule has 1 atom stereocenters. The van der Waals surface area contributed by atoms with E-state index in [-0.39, 0.29) is 29.7 Å². The summed E-state index contributed by atoms with van der Waals surface area (Å²) in [6, 6.07) is 9.83. The van der Waals surface area contributed by atoms with Gasteiger partial charge in [-0.15, -0.1) is 0 Å². The molecule has 164 valence electrons. The highest BCUT2D eigenvalue weighted by Gasteiger charge is 2.31. The van der Waals surface area contributed by atoms with E-state index < -0.39 is 17.8 Å². The van der Waals surface area contributed by atoms with Gasteiger partial charge in [0.1, 0.15) is 0 Å². The lowest BCUT2D eigenvalue weighted by Crippen LogP contribution is -2.32. The highest BCUT2D eigenvalue weighted by molar-refractivity contribution is 9.10. The van der Waals surface area contributed by atoms with Crippen LogP contribution in [-0.2, 0) is 11.0 Å². The summed E-state index contributed by atoms with van der Waals surface area (Å²) >= 11 is 3.38. The molecule has 3 rings (SSSR count). The third kappa shape index (κ3) is 5.71. The van der Waals surface area contributed by atoms with Crippen molar-refractivity contribution in [1.29, 1.82) is 0 Å². The molecular weight excluding hydrogens is 477 g/mol. The molecule has 0 saturated carbocycles. The molecule has 31 heavy (non-hydrogen) atoms. The van der Waals surface area contributed by atoms with Gasteiger partial charge in [0.2, 0.25) is 17.6 Å². The Morgan fingerprint density at radius 2 is 2.00 bits per heavy atom. The minimum absolute atomic E-state index is 0.0521. The molecule has 1 aromatic heterocycles. The maximum atomic E-state index is 12.9. The monoisotopic (exact) mass is 496 g/mol. The Morgan fingerprint density at radius 3 is 2.68 bits per heavy atom. The first-order valence-electron chi connectivity index (χ1n) is 9.32. The zero-order chi connectivity index (χ0) is 22.8. The molecule has 1 unspecified atom stereocenters. The predicted octanol–water partition coefficient (Wildman–Crippen LogP) is 5.46. The lowest BCUT2D eigenvalue weighted by Gasteiger charge is -2.21. The number of rotatable bonds is 6. The lowest BCUT2D eigenvalue weighted by atomic mass is 10.1. The summed E-state index contributed by atoms with van der Waals surface area (Å²) in [6.45, 7) is 3.71. The molecule has 0 aliphatic heterocycles. The number of carbonyl (C=O) groups excluding carboxylic acids is 1. The van der Waals surface area contributed by atoms with Crippen molar-refractivity contribution >= 4 is 27.5 Å². The zero-order valence-corrected chi connectivity index (χ0v) is 18.6. The van der Waals surface area contributed by atoms with Gasteiger partial charge in [0.25, 0.3) is 0 Å². The maximum absolute atomic E-state index is 12.9. The van der Waals surface area contributed by atoms with Gasteiger partial charge in [-0.05, 0) is 56.8 Å².